The Bertz CT molecular complexity index is 932. The summed E-state index contributed by atoms with van der Waals surface area (Å²) in [5.41, 5.74) is 4.76. The van der Waals surface area contributed by atoms with Gasteiger partial charge in [0, 0.05) is 0 Å². The van der Waals surface area contributed by atoms with Crippen molar-refractivity contribution in [3.63, 3.8) is 0 Å². The molecule has 1 N–H and O–H groups in total. The zero-order chi connectivity index (χ0) is 19.1. The van der Waals surface area contributed by atoms with Crippen molar-refractivity contribution in [2.45, 2.75) is 13.5 Å². The lowest BCUT2D eigenvalue weighted by Crippen LogP contribution is -2.17. The molecule has 0 aliphatic rings. The molecule has 1 aromatic heterocycles. The van der Waals surface area contributed by atoms with E-state index in [-0.39, 0.29) is 5.91 Å². The molecule has 2 aromatic carbocycles. The van der Waals surface area contributed by atoms with Crippen LogP contribution in [0, 0.1) is 6.92 Å². The number of hydrogen-bond acceptors (Lipinski definition) is 5. The second kappa shape index (κ2) is 8.71. The van der Waals surface area contributed by atoms with E-state index < -0.39 is 0 Å². The molecule has 0 aliphatic carbocycles. The summed E-state index contributed by atoms with van der Waals surface area (Å²) in [5.74, 6) is 1.44. The third kappa shape index (κ3) is 4.76. The maximum atomic E-state index is 12.0. The van der Waals surface area contributed by atoms with Crippen LogP contribution in [0.5, 0.6) is 11.5 Å². The molecule has 0 spiro atoms. The second-order valence-corrected chi connectivity index (χ2v) is 5.77. The predicted molar refractivity (Wildman–Crippen MR) is 102 cm³/mol. The van der Waals surface area contributed by atoms with Gasteiger partial charge in [0.15, 0.2) is 11.5 Å². The van der Waals surface area contributed by atoms with Crippen LogP contribution in [0.25, 0.3) is 0 Å². The van der Waals surface area contributed by atoms with Gasteiger partial charge >= 0.3 is 0 Å². The first kappa shape index (κ1) is 18.3. The number of rotatable bonds is 7. The lowest BCUT2D eigenvalue weighted by molar-refractivity contribution is 0.0953. The molecule has 0 saturated carbocycles. The van der Waals surface area contributed by atoms with Crippen molar-refractivity contribution < 1.29 is 18.7 Å². The van der Waals surface area contributed by atoms with Crippen molar-refractivity contribution in [3.8, 4) is 11.5 Å². The Labute approximate surface area is 157 Å². The van der Waals surface area contributed by atoms with Crippen LogP contribution in [-0.4, -0.2) is 19.2 Å². The predicted octanol–water partition coefficient (Wildman–Crippen LogP) is 3.94. The minimum Gasteiger partial charge on any atom is -0.493 e. The van der Waals surface area contributed by atoms with Crippen molar-refractivity contribution in [2.75, 3.05) is 7.11 Å². The van der Waals surface area contributed by atoms with Crippen LogP contribution in [0.1, 0.15) is 27.2 Å². The largest absolute Gasteiger partial charge is 0.493 e. The number of methoxy groups -OCH3 is 1. The maximum Gasteiger partial charge on any atom is 0.274 e. The van der Waals surface area contributed by atoms with E-state index in [1.165, 1.54) is 12.5 Å². The highest BCUT2D eigenvalue weighted by molar-refractivity contribution is 5.95. The molecule has 0 aliphatic heterocycles. The molecule has 0 radical (unpaired) electrons. The Kier molecular flexibility index (Phi) is 5.89. The Morgan fingerprint density at radius 3 is 2.67 bits per heavy atom. The number of carbonyl (C=O) groups excluding carboxylic acids is 1. The third-order valence-electron chi connectivity index (χ3n) is 3.91. The molecule has 27 heavy (non-hydrogen) atoms. The zero-order valence-electron chi connectivity index (χ0n) is 15.1. The Balaban J connectivity index is 1.63. The molecule has 0 saturated heterocycles. The number of hydrogen-bond donors (Lipinski definition) is 1. The fourth-order valence-electron chi connectivity index (χ4n) is 2.47. The van der Waals surface area contributed by atoms with E-state index in [0.29, 0.717) is 29.4 Å². The van der Waals surface area contributed by atoms with Crippen LogP contribution < -0.4 is 14.9 Å². The minimum absolute atomic E-state index is 0.327. The number of furan rings is 1. The Hall–Kier alpha value is -3.54. The van der Waals surface area contributed by atoms with Gasteiger partial charge in [-0.15, -0.1) is 0 Å². The quantitative estimate of drug-likeness (QED) is 0.509. The van der Waals surface area contributed by atoms with Crippen LogP contribution in [0.2, 0.25) is 0 Å². The van der Waals surface area contributed by atoms with Crippen molar-refractivity contribution in [1.29, 1.82) is 0 Å². The van der Waals surface area contributed by atoms with Crippen LogP contribution in [0.15, 0.2) is 70.4 Å². The normalized spacial score (nSPS) is 10.7. The first-order valence-electron chi connectivity index (χ1n) is 8.39. The fraction of sp³-hybridized carbons (Fsp3) is 0.143. The summed E-state index contributed by atoms with van der Waals surface area (Å²) >= 11 is 0. The van der Waals surface area contributed by atoms with Crippen LogP contribution in [0.3, 0.4) is 0 Å². The molecule has 1 amide bonds. The van der Waals surface area contributed by atoms with Crippen molar-refractivity contribution >= 4 is 12.1 Å². The van der Waals surface area contributed by atoms with E-state index in [1.807, 2.05) is 42.5 Å². The number of amides is 1. The Morgan fingerprint density at radius 1 is 1.15 bits per heavy atom. The number of hydrazone groups is 1. The molecular weight excluding hydrogens is 344 g/mol. The first-order chi connectivity index (χ1) is 13.2. The summed E-state index contributed by atoms with van der Waals surface area (Å²) in [7, 11) is 1.58. The first-order valence-corrected chi connectivity index (χ1v) is 8.39. The molecular formula is C21H20N2O4. The molecule has 0 bridgehead atoms. The van der Waals surface area contributed by atoms with E-state index >= 15 is 0 Å². The van der Waals surface area contributed by atoms with Gasteiger partial charge < -0.3 is 13.9 Å². The van der Waals surface area contributed by atoms with E-state index in [0.717, 1.165) is 11.1 Å². The van der Waals surface area contributed by atoms with Gasteiger partial charge in [0.1, 0.15) is 12.4 Å². The summed E-state index contributed by atoms with van der Waals surface area (Å²) in [5, 5.41) is 3.97. The highest BCUT2D eigenvalue weighted by atomic mass is 16.5. The summed E-state index contributed by atoms with van der Waals surface area (Å²) in [6.45, 7) is 2.17. The summed E-state index contributed by atoms with van der Waals surface area (Å²) in [4.78, 5) is 12.0. The lowest BCUT2D eigenvalue weighted by atomic mass is 10.2. The maximum absolute atomic E-state index is 12.0. The average molecular weight is 364 g/mol. The van der Waals surface area contributed by atoms with E-state index in [4.69, 9.17) is 13.9 Å². The van der Waals surface area contributed by atoms with E-state index in [9.17, 15) is 4.79 Å². The van der Waals surface area contributed by atoms with E-state index in [1.54, 1.807) is 26.2 Å². The molecule has 1 heterocycles. The van der Waals surface area contributed by atoms with Gasteiger partial charge in [0.05, 0.1) is 25.2 Å². The van der Waals surface area contributed by atoms with Crippen molar-refractivity contribution in [2.24, 2.45) is 5.10 Å². The number of nitrogens with one attached hydrogen (secondary N) is 1. The van der Waals surface area contributed by atoms with Gasteiger partial charge in [-0.25, -0.2) is 5.43 Å². The molecule has 0 fully saturated rings. The average Bonchev–Trinajstić information content (AvgIpc) is 3.13. The fourth-order valence-corrected chi connectivity index (χ4v) is 2.47. The SMILES string of the molecule is COc1cc(/C=N\NC(=O)c2ccoc2C)ccc1OCc1ccccc1. The number of aryl methyl sites for hydroxylation is 1. The highest BCUT2D eigenvalue weighted by Crippen LogP contribution is 2.28. The molecule has 138 valence electrons. The minimum atomic E-state index is -0.327. The summed E-state index contributed by atoms with van der Waals surface area (Å²) < 4.78 is 16.3. The monoisotopic (exact) mass is 364 g/mol. The molecule has 3 rings (SSSR count). The third-order valence-corrected chi connectivity index (χ3v) is 3.91. The molecule has 3 aromatic rings. The van der Waals surface area contributed by atoms with Gasteiger partial charge in [-0.05, 0) is 42.3 Å². The van der Waals surface area contributed by atoms with E-state index in [2.05, 4.69) is 10.5 Å². The second-order valence-electron chi connectivity index (χ2n) is 5.77. The molecule has 6 heteroatoms. The summed E-state index contributed by atoms with van der Waals surface area (Å²) in [6.07, 6.45) is 3.00. The number of benzene rings is 2. The van der Waals surface area contributed by atoms with Gasteiger partial charge in [0.25, 0.3) is 5.91 Å². The number of nitrogens with zero attached hydrogens (tertiary/aromatic N) is 1. The van der Waals surface area contributed by atoms with Crippen LogP contribution >= 0.6 is 0 Å². The smallest absolute Gasteiger partial charge is 0.274 e. The summed E-state index contributed by atoms with van der Waals surface area (Å²) in [6, 6.07) is 16.9. The zero-order valence-corrected chi connectivity index (χ0v) is 15.1. The topological polar surface area (TPSA) is 73.1 Å². The standard InChI is InChI=1S/C21H20N2O4/c1-15-18(10-11-26-15)21(24)23-22-13-17-8-9-19(20(12-17)25-2)27-14-16-6-4-3-5-7-16/h3-13H,14H2,1-2H3,(H,23,24)/b22-13-. The molecule has 0 atom stereocenters. The lowest BCUT2D eigenvalue weighted by Gasteiger charge is -2.11. The number of ether oxygens (including phenoxy) is 2. The van der Waals surface area contributed by atoms with Crippen molar-refractivity contribution in [3.05, 3.63) is 83.3 Å². The number of carbonyl (C=O) groups is 1. The van der Waals surface area contributed by atoms with Gasteiger partial charge in [-0.3, -0.25) is 4.79 Å². The van der Waals surface area contributed by atoms with Gasteiger partial charge in [-0.1, -0.05) is 30.3 Å². The molecule has 6 nitrogen and oxygen atoms in total. The van der Waals surface area contributed by atoms with Gasteiger partial charge in [-0.2, -0.15) is 5.10 Å². The van der Waals surface area contributed by atoms with Gasteiger partial charge in [0.2, 0.25) is 0 Å². The highest BCUT2D eigenvalue weighted by Gasteiger charge is 2.10. The molecule has 0 unspecified atom stereocenters. The Morgan fingerprint density at radius 2 is 1.96 bits per heavy atom. The van der Waals surface area contributed by atoms with Crippen LogP contribution in [0.4, 0.5) is 0 Å². The van der Waals surface area contributed by atoms with Crippen molar-refractivity contribution in [1.82, 2.24) is 5.43 Å². The van der Waals surface area contributed by atoms with Crippen LogP contribution in [-0.2, 0) is 6.61 Å².